The molecule has 0 aliphatic carbocycles. The molecule has 86 valence electrons. The van der Waals surface area contributed by atoms with E-state index in [1.54, 1.807) is 0 Å². The van der Waals surface area contributed by atoms with Gasteiger partial charge in [-0.05, 0) is 59.8 Å². The number of hydrogen-bond acceptors (Lipinski definition) is 2. The fourth-order valence-electron chi connectivity index (χ4n) is 1.32. The lowest BCUT2D eigenvalue weighted by atomic mass is 10.00. The van der Waals surface area contributed by atoms with Gasteiger partial charge >= 0.3 is 0 Å². The zero-order valence-corrected chi connectivity index (χ0v) is 10.7. The number of hydrogen-bond donors (Lipinski definition) is 1. The molecule has 0 heterocycles. The van der Waals surface area contributed by atoms with Crippen LogP contribution in [0.25, 0.3) is 0 Å². The molecule has 0 aromatic rings. The summed E-state index contributed by atoms with van der Waals surface area (Å²) in [5, 5.41) is 3.43. The molecule has 0 amide bonds. The van der Waals surface area contributed by atoms with Gasteiger partial charge in [-0.25, -0.2) is 0 Å². The lowest BCUT2D eigenvalue weighted by Crippen LogP contribution is -2.41. The minimum atomic E-state index is 0.352. The van der Waals surface area contributed by atoms with Gasteiger partial charge in [0, 0.05) is 5.54 Å². The summed E-state index contributed by atoms with van der Waals surface area (Å²) < 4.78 is 0. The van der Waals surface area contributed by atoms with Crippen LogP contribution in [-0.4, -0.2) is 37.1 Å². The SMILES string of the molecule is CCCNCCCN(C)C(C)(C)CC. The molecule has 14 heavy (non-hydrogen) atoms. The first-order valence-electron chi connectivity index (χ1n) is 5.96. The normalized spacial score (nSPS) is 12.4. The van der Waals surface area contributed by atoms with E-state index in [1.165, 1.54) is 25.8 Å². The van der Waals surface area contributed by atoms with Crippen molar-refractivity contribution in [3.8, 4) is 0 Å². The Balaban J connectivity index is 3.48. The lowest BCUT2D eigenvalue weighted by Gasteiger charge is -2.34. The van der Waals surface area contributed by atoms with Crippen LogP contribution in [0.1, 0.15) is 47.0 Å². The maximum atomic E-state index is 3.43. The molecule has 2 heteroatoms. The van der Waals surface area contributed by atoms with E-state index in [2.05, 4.69) is 45.0 Å². The van der Waals surface area contributed by atoms with Crippen LogP contribution in [0.5, 0.6) is 0 Å². The van der Waals surface area contributed by atoms with E-state index in [9.17, 15) is 0 Å². The van der Waals surface area contributed by atoms with Gasteiger partial charge in [0.1, 0.15) is 0 Å². The average Bonchev–Trinajstić information content (AvgIpc) is 2.17. The van der Waals surface area contributed by atoms with Gasteiger partial charge in [0.25, 0.3) is 0 Å². The predicted molar refractivity (Wildman–Crippen MR) is 64.8 cm³/mol. The lowest BCUT2D eigenvalue weighted by molar-refractivity contribution is 0.149. The van der Waals surface area contributed by atoms with Crippen LogP contribution in [0.2, 0.25) is 0 Å². The maximum absolute atomic E-state index is 3.43. The largest absolute Gasteiger partial charge is 0.317 e. The van der Waals surface area contributed by atoms with Crippen molar-refractivity contribution in [2.24, 2.45) is 0 Å². The van der Waals surface area contributed by atoms with Gasteiger partial charge in [0.2, 0.25) is 0 Å². The van der Waals surface area contributed by atoms with Crippen LogP contribution < -0.4 is 5.32 Å². The van der Waals surface area contributed by atoms with Crippen LogP contribution in [-0.2, 0) is 0 Å². The van der Waals surface area contributed by atoms with Gasteiger partial charge < -0.3 is 10.2 Å². The van der Waals surface area contributed by atoms with Gasteiger partial charge in [0.05, 0.1) is 0 Å². The third-order valence-corrected chi connectivity index (χ3v) is 3.17. The summed E-state index contributed by atoms with van der Waals surface area (Å²) in [6, 6.07) is 0. The predicted octanol–water partition coefficient (Wildman–Crippen LogP) is 2.50. The zero-order valence-electron chi connectivity index (χ0n) is 10.7. The first-order chi connectivity index (χ1) is 6.54. The first-order valence-corrected chi connectivity index (χ1v) is 5.96. The molecule has 0 atom stereocenters. The molecule has 0 aromatic carbocycles. The minimum Gasteiger partial charge on any atom is -0.317 e. The molecule has 0 radical (unpaired) electrons. The van der Waals surface area contributed by atoms with Crippen LogP contribution in [0.3, 0.4) is 0 Å². The summed E-state index contributed by atoms with van der Waals surface area (Å²) >= 11 is 0. The Morgan fingerprint density at radius 2 is 1.79 bits per heavy atom. The van der Waals surface area contributed by atoms with Crippen molar-refractivity contribution in [2.45, 2.75) is 52.5 Å². The third-order valence-electron chi connectivity index (χ3n) is 3.17. The topological polar surface area (TPSA) is 15.3 Å². The van der Waals surface area contributed by atoms with Gasteiger partial charge in [-0.1, -0.05) is 13.8 Å². The van der Waals surface area contributed by atoms with Gasteiger partial charge in [-0.2, -0.15) is 0 Å². The average molecular weight is 200 g/mol. The second kappa shape index (κ2) is 7.24. The molecular formula is C12H28N2. The molecule has 2 nitrogen and oxygen atoms in total. The van der Waals surface area contributed by atoms with E-state index in [0.29, 0.717) is 5.54 Å². The molecule has 0 saturated heterocycles. The Morgan fingerprint density at radius 1 is 1.14 bits per heavy atom. The molecule has 0 aromatic heterocycles. The molecule has 0 aliphatic heterocycles. The Bertz CT molecular complexity index is 132. The van der Waals surface area contributed by atoms with E-state index in [1.807, 2.05) is 0 Å². The fraction of sp³-hybridized carbons (Fsp3) is 1.00. The van der Waals surface area contributed by atoms with Gasteiger partial charge in [-0.3, -0.25) is 0 Å². The highest BCUT2D eigenvalue weighted by molar-refractivity contribution is 4.76. The molecule has 0 unspecified atom stereocenters. The van der Waals surface area contributed by atoms with Crippen molar-refractivity contribution in [2.75, 3.05) is 26.7 Å². The summed E-state index contributed by atoms with van der Waals surface area (Å²) in [4.78, 5) is 2.46. The monoisotopic (exact) mass is 200 g/mol. The molecular weight excluding hydrogens is 172 g/mol. The quantitative estimate of drug-likeness (QED) is 0.606. The smallest absolute Gasteiger partial charge is 0.0147 e. The van der Waals surface area contributed by atoms with Crippen molar-refractivity contribution in [3.05, 3.63) is 0 Å². The Hall–Kier alpha value is -0.0800. The Morgan fingerprint density at radius 3 is 2.29 bits per heavy atom. The number of rotatable bonds is 8. The molecule has 0 aliphatic rings. The molecule has 0 bridgehead atoms. The molecule has 0 saturated carbocycles. The maximum Gasteiger partial charge on any atom is 0.0147 e. The molecule has 1 N–H and O–H groups in total. The highest BCUT2D eigenvalue weighted by Gasteiger charge is 2.19. The number of nitrogens with one attached hydrogen (secondary N) is 1. The number of nitrogens with zero attached hydrogens (tertiary/aromatic N) is 1. The van der Waals surface area contributed by atoms with E-state index >= 15 is 0 Å². The van der Waals surface area contributed by atoms with Crippen molar-refractivity contribution in [1.82, 2.24) is 10.2 Å². The summed E-state index contributed by atoms with van der Waals surface area (Å²) in [7, 11) is 2.23. The highest BCUT2D eigenvalue weighted by atomic mass is 15.2. The molecule has 0 rings (SSSR count). The fourth-order valence-corrected chi connectivity index (χ4v) is 1.32. The van der Waals surface area contributed by atoms with Crippen molar-refractivity contribution < 1.29 is 0 Å². The summed E-state index contributed by atoms with van der Waals surface area (Å²) in [5.41, 5.74) is 0.352. The van der Waals surface area contributed by atoms with Crippen molar-refractivity contribution in [3.63, 3.8) is 0 Å². The van der Waals surface area contributed by atoms with E-state index in [-0.39, 0.29) is 0 Å². The second-order valence-corrected chi connectivity index (χ2v) is 4.69. The summed E-state index contributed by atoms with van der Waals surface area (Å²) in [6.45, 7) is 12.6. The minimum absolute atomic E-state index is 0.352. The summed E-state index contributed by atoms with van der Waals surface area (Å²) in [6.07, 6.45) is 3.70. The Kier molecular flexibility index (Phi) is 7.20. The van der Waals surface area contributed by atoms with E-state index in [4.69, 9.17) is 0 Å². The van der Waals surface area contributed by atoms with Gasteiger partial charge in [0.15, 0.2) is 0 Å². The highest BCUT2D eigenvalue weighted by Crippen LogP contribution is 2.15. The Labute approximate surface area is 90.1 Å². The molecule has 0 spiro atoms. The van der Waals surface area contributed by atoms with Crippen molar-refractivity contribution >= 4 is 0 Å². The summed E-state index contributed by atoms with van der Waals surface area (Å²) in [5.74, 6) is 0. The molecule has 0 fully saturated rings. The van der Waals surface area contributed by atoms with Crippen molar-refractivity contribution in [1.29, 1.82) is 0 Å². The van der Waals surface area contributed by atoms with Crippen LogP contribution >= 0.6 is 0 Å². The third kappa shape index (κ3) is 5.61. The van der Waals surface area contributed by atoms with Gasteiger partial charge in [-0.15, -0.1) is 0 Å². The van der Waals surface area contributed by atoms with Crippen LogP contribution in [0.4, 0.5) is 0 Å². The first kappa shape index (κ1) is 13.9. The second-order valence-electron chi connectivity index (χ2n) is 4.69. The standard InChI is InChI=1S/C12H28N2/c1-6-9-13-10-8-11-14(5)12(3,4)7-2/h13H,6-11H2,1-5H3. The van der Waals surface area contributed by atoms with Crippen LogP contribution in [0, 0.1) is 0 Å². The van der Waals surface area contributed by atoms with E-state index in [0.717, 1.165) is 13.1 Å². The van der Waals surface area contributed by atoms with E-state index < -0.39 is 0 Å². The zero-order chi connectivity index (χ0) is 11.0. The van der Waals surface area contributed by atoms with Crippen LogP contribution in [0.15, 0.2) is 0 Å².